The minimum Gasteiger partial charge on any atom is -0.380 e. The first kappa shape index (κ1) is 37.1. The van der Waals surface area contributed by atoms with Crippen molar-refractivity contribution in [3.05, 3.63) is 0 Å². The van der Waals surface area contributed by atoms with Gasteiger partial charge in [-0.2, -0.15) is 11.8 Å². The van der Waals surface area contributed by atoms with Crippen molar-refractivity contribution < 1.29 is 44.2 Å². The maximum Gasteiger partial charge on any atom is 0.155 e. The van der Waals surface area contributed by atoms with Crippen LogP contribution in [-0.2, 0) is 48.5 Å². The fourth-order valence-electron chi connectivity index (χ4n) is 5.14. The van der Waals surface area contributed by atoms with Crippen LogP contribution in [0.25, 0.3) is 0 Å². The highest BCUT2D eigenvalue weighted by Gasteiger charge is 2.39. The molecule has 0 N–H and O–H groups in total. The highest BCUT2D eigenvalue weighted by Crippen LogP contribution is 2.28. The second-order valence-electron chi connectivity index (χ2n) is 10.3. The summed E-state index contributed by atoms with van der Waals surface area (Å²) in [4.78, 5) is 0. The van der Waals surface area contributed by atoms with Gasteiger partial charge in [-0.15, -0.1) is 0 Å². The first-order valence-electron chi connectivity index (χ1n) is 13.5. The second kappa shape index (κ2) is 16.6. The van der Waals surface area contributed by atoms with Crippen molar-refractivity contribution in [2.24, 2.45) is 0 Å². The molecule has 14 heteroatoms. The van der Waals surface area contributed by atoms with Gasteiger partial charge in [-0.3, -0.25) is 0 Å². The minimum absolute atomic E-state index is 0.0648. The van der Waals surface area contributed by atoms with Crippen LogP contribution >= 0.6 is 11.8 Å². The molecule has 4 heterocycles. The molecule has 4 rings (SSSR count). The Morgan fingerprint density at radius 1 is 0.590 bits per heavy atom. The SMILES string of the molecule is CC[C@@H]1[C@H](OC)CCS1(=O)=O.CO[C@@H]1CCS(=O)(=O)[C@@H]1C.CO[C@H]1CCS(=O)(=O)[C@H]1C.CO[C@H]1CCS[C@H]1C. The van der Waals surface area contributed by atoms with Gasteiger partial charge in [0.2, 0.25) is 0 Å². The number of hydrogen-bond acceptors (Lipinski definition) is 11. The molecule has 0 spiro atoms. The Labute approximate surface area is 241 Å². The van der Waals surface area contributed by atoms with Crippen LogP contribution in [0, 0.1) is 0 Å². The lowest BCUT2D eigenvalue weighted by atomic mass is 10.2. The summed E-state index contributed by atoms with van der Waals surface area (Å²) in [5.74, 6) is 2.14. The number of thioether (sulfide) groups is 1. The standard InChI is InChI=1S/C7H14O3S.2C6H12O3S.C6H12OS/c1-3-7-6(10-2)4-5-11(7,8)9;2*1-5-6(9-2)3-4-10(5,7)8;1-5-6(7-2)3-4-8-5/h6-7H,3-5H2,1-2H3;2*5-6H,3-4H2,1-2H3;5-6H,3-4H2,1-2H3/t6-,7-;3*5-,6-/m1100/s1. The molecule has 0 aromatic heterocycles. The lowest BCUT2D eigenvalue weighted by Crippen LogP contribution is -2.26. The number of hydrogen-bond donors (Lipinski definition) is 0. The summed E-state index contributed by atoms with van der Waals surface area (Å²) in [7, 11) is -1.95. The molecule has 8 atom stereocenters. The zero-order valence-electron chi connectivity index (χ0n) is 24.7. The quantitative estimate of drug-likeness (QED) is 0.439. The molecular weight excluding hydrogens is 589 g/mol. The Bertz CT molecular complexity index is 981. The van der Waals surface area contributed by atoms with Crippen LogP contribution in [0.1, 0.15) is 59.8 Å². The van der Waals surface area contributed by atoms with Crippen LogP contribution in [0.2, 0.25) is 0 Å². The Balaban J connectivity index is 0.000000261. The molecule has 0 radical (unpaired) electrons. The van der Waals surface area contributed by atoms with Crippen molar-refractivity contribution in [2.45, 2.75) is 105 Å². The molecule has 0 unspecified atom stereocenters. The van der Waals surface area contributed by atoms with Crippen LogP contribution in [0.4, 0.5) is 0 Å². The van der Waals surface area contributed by atoms with Gasteiger partial charge in [-0.1, -0.05) is 13.8 Å². The molecular formula is C25H50O10S4. The van der Waals surface area contributed by atoms with E-state index in [0.29, 0.717) is 37.5 Å². The minimum atomic E-state index is -2.82. The summed E-state index contributed by atoms with van der Waals surface area (Å²) in [6.07, 6.45) is 4.18. The molecule has 0 aliphatic carbocycles. The Morgan fingerprint density at radius 3 is 1.18 bits per heavy atom. The van der Waals surface area contributed by atoms with Gasteiger partial charge < -0.3 is 18.9 Å². The molecule has 4 aliphatic rings. The van der Waals surface area contributed by atoms with Gasteiger partial charge in [0.1, 0.15) is 0 Å². The molecule has 4 saturated heterocycles. The molecule has 4 fully saturated rings. The van der Waals surface area contributed by atoms with Crippen LogP contribution < -0.4 is 0 Å². The summed E-state index contributed by atoms with van der Waals surface area (Å²) in [5, 5.41) is -0.150. The molecule has 0 aromatic carbocycles. The largest absolute Gasteiger partial charge is 0.380 e. The van der Waals surface area contributed by atoms with Gasteiger partial charge in [0.25, 0.3) is 0 Å². The summed E-state index contributed by atoms with van der Waals surface area (Å²) in [6.45, 7) is 7.53. The van der Waals surface area contributed by atoms with Gasteiger partial charge in [-0.25, -0.2) is 25.3 Å². The molecule has 0 amide bonds. The Kier molecular flexibility index (Phi) is 15.8. The molecule has 4 aliphatic heterocycles. The van der Waals surface area contributed by atoms with E-state index in [2.05, 4.69) is 6.92 Å². The smallest absolute Gasteiger partial charge is 0.155 e. The maximum absolute atomic E-state index is 11.3. The van der Waals surface area contributed by atoms with Crippen molar-refractivity contribution in [3.63, 3.8) is 0 Å². The van der Waals surface area contributed by atoms with E-state index in [1.165, 1.54) is 12.2 Å². The highest BCUT2D eigenvalue weighted by atomic mass is 32.2. The third-order valence-electron chi connectivity index (χ3n) is 8.04. The van der Waals surface area contributed by atoms with Crippen molar-refractivity contribution >= 4 is 41.3 Å². The van der Waals surface area contributed by atoms with E-state index in [1.54, 1.807) is 42.3 Å². The van der Waals surface area contributed by atoms with E-state index in [-0.39, 0.29) is 45.6 Å². The van der Waals surface area contributed by atoms with E-state index in [4.69, 9.17) is 18.9 Å². The molecule has 0 saturated carbocycles. The average Bonchev–Trinajstić information content (AvgIpc) is 3.59. The van der Waals surface area contributed by atoms with Gasteiger partial charge in [-0.05, 0) is 51.7 Å². The van der Waals surface area contributed by atoms with Crippen LogP contribution in [0.5, 0.6) is 0 Å². The fourth-order valence-corrected chi connectivity index (χ4v) is 11.7. The van der Waals surface area contributed by atoms with Crippen molar-refractivity contribution in [1.29, 1.82) is 0 Å². The summed E-state index contributed by atoms with van der Waals surface area (Å²) in [5.41, 5.74) is 0. The molecule has 0 bridgehead atoms. The first-order chi connectivity index (χ1) is 18.1. The zero-order chi connectivity index (χ0) is 30.0. The Morgan fingerprint density at radius 2 is 0.974 bits per heavy atom. The van der Waals surface area contributed by atoms with Gasteiger partial charge in [0.05, 0.1) is 57.4 Å². The summed E-state index contributed by atoms with van der Waals surface area (Å²) in [6, 6.07) is 0. The number of rotatable bonds is 5. The number of ether oxygens (including phenoxy) is 4. The van der Waals surface area contributed by atoms with Gasteiger partial charge in [0.15, 0.2) is 29.5 Å². The maximum atomic E-state index is 11.3. The third kappa shape index (κ3) is 10.7. The van der Waals surface area contributed by atoms with Crippen LogP contribution in [0.15, 0.2) is 0 Å². The lowest BCUT2D eigenvalue weighted by molar-refractivity contribution is 0.102. The Hall–Kier alpha value is 0.0400. The predicted molar refractivity (Wildman–Crippen MR) is 158 cm³/mol. The average molecular weight is 639 g/mol. The van der Waals surface area contributed by atoms with E-state index in [0.717, 1.165) is 5.25 Å². The van der Waals surface area contributed by atoms with E-state index < -0.39 is 29.5 Å². The fraction of sp³-hybridized carbons (Fsp3) is 1.00. The first-order valence-corrected chi connectivity index (χ1v) is 19.7. The monoisotopic (exact) mass is 638 g/mol. The number of sulfone groups is 3. The normalized spacial score (nSPS) is 37.5. The van der Waals surface area contributed by atoms with Crippen LogP contribution in [-0.4, -0.2) is 122 Å². The lowest BCUT2D eigenvalue weighted by Gasteiger charge is -2.14. The van der Waals surface area contributed by atoms with Crippen LogP contribution in [0.3, 0.4) is 0 Å². The predicted octanol–water partition coefficient (Wildman–Crippen LogP) is 2.54. The van der Waals surface area contributed by atoms with Gasteiger partial charge >= 0.3 is 0 Å². The third-order valence-corrected chi connectivity index (χ3v) is 16.2. The molecule has 234 valence electrons. The molecule has 0 aromatic rings. The topological polar surface area (TPSA) is 139 Å². The second-order valence-corrected chi connectivity index (χ2v) is 19.1. The van der Waals surface area contributed by atoms with Crippen molar-refractivity contribution in [1.82, 2.24) is 0 Å². The van der Waals surface area contributed by atoms with E-state index in [1.807, 2.05) is 18.7 Å². The van der Waals surface area contributed by atoms with E-state index in [9.17, 15) is 25.3 Å². The molecule has 10 nitrogen and oxygen atoms in total. The molecule has 39 heavy (non-hydrogen) atoms. The zero-order valence-corrected chi connectivity index (χ0v) is 28.0. The van der Waals surface area contributed by atoms with Crippen molar-refractivity contribution in [2.75, 3.05) is 51.5 Å². The summed E-state index contributed by atoms with van der Waals surface area (Å²) < 4.78 is 87.0. The van der Waals surface area contributed by atoms with Gasteiger partial charge in [0, 0.05) is 33.7 Å². The highest BCUT2D eigenvalue weighted by molar-refractivity contribution is 8.00. The van der Waals surface area contributed by atoms with Crippen molar-refractivity contribution in [3.8, 4) is 0 Å². The number of methoxy groups -OCH3 is 4. The summed E-state index contributed by atoms with van der Waals surface area (Å²) >= 11 is 2.00. The van der Waals surface area contributed by atoms with E-state index >= 15 is 0 Å².